The van der Waals surface area contributed by atoms with Crippen LogP contribution in [0.4, 0.5) is 5.69 Å². The second-order valence-electron chi connectivity index (χ2n) is 6.63. The van der Waals surface area contributed by atoms with E-state index >= 15 is 0 Å². The fourth-order valence-electron chi connectivity index (χ4n) is 2.44. The number of aliphatic imine (C=N–C) groups is 1. The number of carbonyl (C=O) groups is 2. The summed E-state index contributed by atoms with van der Waals surface area (Å²) in [5.74, 6) is -0.0967. The number of amides is 1. The summed E-state index contributed by atoms with van der Waals surface area (Å²) in [6.07, 6.45) is 5.32. The van der Waals surface area contributed by atoms with Crippen LogP contribution < -0.4 is 5.32 Å². The normalized spacial score (nSPS) is 12.4. The first-order valence-corrected chi connectivity index (χ1v) is 8.95. The van der Waals surface area contributed by atoms with Gasteiger partial charge in [0.25, 0.3) is 5.91 Å². The van der Waals surface area contributed by atoms with Gasteiger partial charge in [0.2, 0.25) is 0 Å². The van der Waals surface area contributed by atoms with Gasteiger partial charge >= 0.3 is 0 Å². The van der Waals surface area contributed by atoms with Gasteiger partial charge < -0.3 is 5.32 Å². The Morgan fingerprint density at radius 1 is 1.24 bits per heavy atom. The molecular weight excluding hydrogens is 312 g/mol. The maximum atomic E-state index is 12.5. The Kier molecular flexibility index (Phi) is 8.26. The van der Waals surface area contributed by atoms with E-state index in [4.69, 9.17) is 0 Å². The zero-order valence-electron chi connectivity index (χ0n) is 16.3. The molecule has 0 spiro atoms. The largest absolute Gasteiger partial charge is 0.320 e. The molecule has 4 heteroatoms. The minimum absolute atomic E-state index is 0.0732. The van der Waals surface area contributed by atoms with E-state index in [0.717, 1.165) is 30.5 Å². The van der Waals surface area contributed by atoms with E-state index < -0.39 is 0 Å². The summed E-state index contributed by atoms with van der Waals surface area (Å²) in [6, 6.07) is 5.41. The molecule has 0 fully saturated rings. The van der Waals surface area contributed by atoms with Crippen LogP contribution in [0, 0.1) is 12.8 Å². The molecule has 0 aliphatic heterocycles. The number of hydrogen-bond donors (Lipinski definition) is 1. The maximum absolute atomic E-state index is 12.5. The standard InChI is InChI=1S/C21H30N2O2/c1-7-8-9-13-19(14(2)3)22-16(5)21(25)23-20-15(4)11-10-12-18(20)17(6)24/h10-14H,7-9H2,1-6H3,(H,23,25)/b19-13-,22-16?. The number of nitrogens with zero attached hydrogens (tertiary/aromatic N) is 1. The summed E-state index contributed by atoms with van der Waals surface area (Å²) < 4.78 is 0. The van der Waals surface area contributed by atoms with Crippen molar-refractivity contribution in [3.63, 3.8) is 0 Å². The number of aryl methyl sites for hydroxylation is 1. The molecule has 0 saturated carbocycles. The quantitative estimate of drug-likeness (QED) is 0.394. The van der Waals surface area contributed by atoms with Crippen LogP contribution in [-0.4, -0.2) is 17.4 Å². The molecule has 1 N–H and O–H groups in total. The fraction of sp³-hybridized carbons (Fsp3) is 0.476. The van der Waals surface area contributed by atoms with Crippen molar-refractivity contribution in [1.29, 1.82) is 0 Å². The van der Waals surface area contributed by atoms with E-state index in [0.29, 0.717) is 17.0 Å². The van der Waals surface area contributed by atoms with Gasteiger partial charge in [0.15, 0.2) is 5.78 Å². The van der Waals surface area contributed by atoms with Crippen LogP contribution >= 0.6 is 0 Å². The number of ketones is 1. The molecule has 1 rings (SSSR count). The Bertz CT molecular complexity index is 685. The number of anilines is 1. The molecular formula is C21H30N2O2. The predicted molar refractivity (Wildman–Crippen MR) is 105 cm³/mol. The van der Waals surface area contributed by atoms with Crippen LogP contribution in [0.15, 0.2) is 35.0 Å². The number of Topliss-reactive ketones (excluding diaryl/α,β-unsaturated/α-hetero) is 1. The lowest BCUT2D eigenvalue weighted by molar-refractivity contribution is -0.110. The maximum Gasteiger partial charge on any atom is 0.269 e. The number of unbranched alkanes of at least 4 members (excludes halogenated alkanes) is 2. The second kappa shape index (κ2) is 9.92. The summed E-state index contributed by atoms with van der Waals surface area (Å²) in [4.78, 5) is 28.9. The van der Waals surface area contributed by atoms with E-state index in [-0.39, 0.29) is 17.6 Å². The van der Waals surface area contributed by atoms with Crippen molar-refractivity contribution in [2.45, 2.75) is 60.8 Å². The first-order chi connectivity index (χ1) is 11.8. The average Bonchev–Trinajstić information content (AvgIpc) is 2.55. The molecule has 0 radical (unpaired) electrons. The Morgan fingerprint density at radius 2 is 1.92 bits per heavy atom. The smallest absolute Gasteiger partial charge is 0.269 e. The Hall–Kier alpha value is -2.23. The van der Waals surface area contributed by atoms with E-state index in [2.05, 4.69) is 37.2 Å². The minimum Gasteiger partial charge on any atom is -0.320 e. The third-order valence-electron chi connectivity index (χ3n) is 4.02. The van der Waals surface area contributed by atoms with Crippen LogP contribution in [0.1, 0.15) is 69.8 Å². The highest BCUT2D eigenvalue weighted by molar-refractivity contribution is 6.42. The molecule has 0 bridgehead atoms. The van der Waals surface area contributed by atoms with Crippen molar-refractivity contribution in [1.82, 2.24) is 0 Å². The number of hydrogen-bond acceptors (Lipinski definition) is 3. The number of para-hydroxylation sites is 1. The van der Waals surface area contributed by atoms with Crippen molar-refractivity contribution in [3.05, 3.63) is 41.1 Å². The van der Waals surface area contributed by atoms with Gasteiger partial charge in [0.1, 0.15) is 5.71 Å². The van der Waals surface area contributed by atoms with Crippen molar-refractivity contribution < 1.29 is 9.59 Å². The first-order valence-electron chi connectivity index (χ1n) is 8.95. The molecule has 0 atom stereocenters. The van der Waals surface area contributed by atoms with Crippen LogP contribution in [-0.2, 0) is 4.79 Å². The number of carbonyl (C=O) groups excluding carboxylic acids is 2. The van der Waals surface area contributed by atoms with E-state index in [1.807, 2.05) is 19.1 Å². The van der Waals surface area contributed by atoms with Gasteiger partial charge in [-0.3, -0.25) is 14.6 Å². The molecule has 25 heavy (non-hydrogen) atoms. The zero-order valence-corrected chi connectivity index (χ0v) is 16.3. The van der Waals surface area contributed by atoms with Crippen molar-refractivity contribution in [3.8, 4) is 0 Å². The molecule has 0 aromatic heterocycles. The molecule has 0 aliphatic rings. The molecule has 0 unspecified atom stereocenters. The van der Waals surface area contributed by atoms with Gasteiger partial charge in [-0.1, -0.05) is 51.8 Å². The molecule has 1 aromatic carbocycles. The Balaban J connectivity index is 3.03. The van der Waals surface area contributed by atoms with Gasteiger partial charge in [0, 0.05) is 11.3 Å². The van der Waals surface area contributed by atoms with Crippen LogP contribution in [0.5, 0.6) is 0 Å². The van der Waals surface area contributed by atoms with Gasteiger partial charge in [-0.05, 0) is 44.7 Å². The lowest BCUT2D eigenvalue weighted by Gasteiger charge is -2.13. The van der Waals surface area contributed by atoms with E-state index in [9.17, 15) is 9.59 Å². The molecule has 1 amide bonds. The van der Waals surface area contributed by atoms with Gasteiger partial charge in [-0.25, -0.2) is 0 Å². The minimum atomic E-state index is -0.279. The Morgan fingerprint density at radius 3 is 2.48 bits per heavy atom. The predicted octanol–water partition coefficient (Wildman–Crippen LogP) is 5.33. The lowest BCUT2D eigenvalue weighted by atomic mass is 10.0. The summed E-state index contributed by atoms with van der Waals surface area (Å²) in [7, 11) is 0. The van der Waals surface area contributed by atoms with Crippen molar-refractivity contribution in [2.24, 2.45) is 10.9 Å². The van der Waals surface area contributed by atoms with E-state index in [1.165, 1.54) is 6.92 Å². The summed E-state index contributed by atoms with van der Waals surface area (Å²) in [5, 5.41) is 2.85. The average molecular weight is 342 g/mol. The molecule has 0 heterocycles. The van der Waals surface area contributed by atoms with Gasteiger partial charge in [0.05, 0.1) is 5.69 Å². The topological polar surface area (TPSA) is 58.5 Å². The molecule has 1 aromatic rings. The number of allylic oxidation sites excluding steroid dienone is 2. The highest BCUT2D eigenvalue weighted by Gasteiger charge is 2.15. The highest BCUT2D eigenvalue weighted by Crippen LogP contribution is 2.21. The molecule has 0 saturated heterocycles. The van der Waals surface area contributed by atoms with Crippen LogP contribution in [0.25, 0.3) is 0 Å². The third kappa shape index (κ3) is 6.29. The van der Waals surface area contributed by atoms with Crippen molar-refractivity contribution in [2.75, 3.05) is 5.32 Å². The number of rotatable bonds is 8. The van der Waals surface area contributed by atoms with E-state index in [1.54, 1.807) is 13.0 Å². The van der Waals surface area contributed by atoms with Crippen molar-refractivity contribution >= 4 is 23.1 Å². The third-order valence-corrected chi connectivity index (χ3v) is 4.02. The highest BCUT2D eigenvalue weighted by atomic mass is 16.2. The lowest BCUT2D eigenvalue weighted by Crippen LogP contribution is -2.22. The van der Waals surface area contributed by atoms with Gasteiger partial charge in [-0.2, -0.15) is 0 Å². The van der Waals surface area contributed by atoms with Crippen LogP contribution in [0.2, 0.25) is 0 Å². The molecule has 0 aliphatic carbocycles. The van der Waals surface area contributed by atoms with Crippen LogP contribution in [0.3, 0.4) is 0 Å². The number of nitrogens with one attached hydrogen (secondary N) is 1. The SMILES string of the molecule is CCCC/C=C(\N=C(C)C(=O)Nc1c(C)cccc1C(C)=O)C(C)C. The second-order valence-corrected chi connectivity index (χ2v) is 6.63. The summed E-state index contributed by atoms with van der Waals surface area (Å²) >= 11 is 0. The number of benzene rings is 1. The first kappa shape index (κ1) is 20.8. The molecule has 4 nitrogen and oxygen atoms in total. The zero-order chi connectivity index (χ0) is 19.0. The summed E-state index contributed by atoms with van der Waals surface area (Å²) in [6.45, 7) is 11.4. The monoisotopic (exact) mass is 342 g/mol. The van der Waals surface area contributed by atoms with Gasteiger partial charge in [-0.15, -0.1) is 0 Å². The Labute approximate surface area is 151 Å². The molecule has 136 valence electrons. The fourth-order valence-corrected chi connectivity index (χ4v) is 2.44. The summed E-state index contributed by atoms with van der Waals surface area (Å²) in [5.41, 5.74) is 3.27.